The molecule has 0 aromatic heterocycles. The van der Waals surface area contributed by atoms with Gasteiger partial charge in [-0.25, -0.2) is 13.1 Å². The molecule has 0 amide bonds. The maximum absolute atomic E-state index is 12.2. The number of hydrogen-bond donors (Lipinski definition) is 1. The van der Waals surface area contributed by atoms with Crippen molar-refractivity contribution in [3.05, 3.63) is 33.8 Å². The molecule has 0 heterocycles. The first kappa shape index (κ1) is 16.5. The second kappa shape index (κ2) is 7.28. The van der Waals surface area contributed by atoms with Gasteiger partial charge in [-0.05, 0) is 41.4 Å². The quantitative estimate of drug-likeness (QED) is 0.619. The Morgan fingerprint density at radius 1 is 1.47 bits per heavy atom. The summed E-state index contributed by atoms with van der Waals surface area (Å²) in [7, 11) is -2.24. The van der Waals surface area contributed by atoms with Gasteiger partial charge in [-0.1, -0.05) is 23.8 Å². The topological polar surface area (TPSA) is 55.4 Å². The number of sulfonamides is 1. The van der Waals surface area contributed by atoms with E-state index in [9.17, 15) is 8.42 Å². The molecule has 0 fully saturated rings. The molecule has 0 aliphatic rings. The fourth-order valence-electron chi connectivity index (χ4n) is 1.46. The average molecular weight is 369 g/mol. The summed E-state index contributed by atoms with van der Waals surface area (Å²) < 4.78 is 32.5. The average Bonchev–Trinajstić information content (AvgIpc) is 2.34. The monoisotopic (exact) mass is 367 g/mol. The van der Waals surface area contributed by atoms with E-state index >= 15 is 0 Å². The first-order valence-corrected chi connectivity index (χ1v) is 8.21. The molecule has 4 nitrogen and oxygen atoms in total. The zero-order valence-electron chi connectivity index (χ0n) is 10.6. The summed E-state index contributed by atoms with van der Waals surface area (Å²) in [6.45, 7) is 2.20. The Morgan fingerprint density at radius 3 is 2.74 bits per heavy atom. The van der Waals surface area contributed by atoms with E-state index in [2.05, 4.69) is 20.7 Å². The van der Waals surface area contributed by atoms with E-state index < -0.39 is 10.0 Å². The molecule has 0 saturated carbocycles. The van der Waals surface area contributed by atoms with Gasteiger partial charge in [0.25, 0.3) is 0 Å². The number of rotatable bonds is 6. The van der Waals surface area contributed by atoms with Crippen LogP contribution in [0.5, 0.6) is 5.75 Å². The third-order valence-electron chi connectivity index (χ3n) is 2.31. The molecule has 19 heavy (non-hydrogen) atoms. The third-order valence-corrected chi connectivity index (χ3v) is 4.58. The fraction of sp³-hybridized carbons (Fsp3) is 0.333. The number of methoxy groups -OCH3 is 1. The van der Waals surface area contributed by atoms with Crippen LogP contribution < -0.4 is 9.46 Å². The number of halogens is 2. The SMILES string of the molecule is C/C=C/CCNS(=O)(=O)c1cc(Cl)cc(Br)c1OC. The van der Waals surface area contributed by atoms with Crippen LogP contribution in [-0.2, 0) is 10.0 Å². The Bertz CT molecular complexity index is 573. The van der Waals surface area contributed by atoms with Gasteiger partial charge in [0.05, 0.1) is 11.6 Å². The highest BCUT2D eigenvalue weighted by atomic mass is 79.9. The van der Waals surface area contributed by atoms with Gasteiger partial charge in [0.15, 0.2) is 5.75 Å². The number of ether oxygens (including phenoxy) is 1. The normalized spacial score (nSPS) is 12.0. The van der Waals surface area contributed by atoms with Gasteiger partial charge < -0.3 is 4.74 Å². The molecule has 0 aliphatic heterocycles. The lowest BCUT2D eigenvalue weighted by Gasteiger charge is -2.12. The minimum absolute atomic E-state index is 0.0230. The van der Waals surface area contributed by atoms with Crippen molar-refractivity contribution in [1.29, 1.82) is 0 Å². The van der Waals surface area contributed by atoms with E-state index in [1.165, 1.54) is 13.2 Å². The largest absolute Gasteiger partial charge is 0.494 e. The highest BCUT2D eigenvalue weighted by Crippen LogP contribution is 2.35. The van der Waals surface area contributed by atoms with E-state index in [4.69, 9.17) is 16.3 Å². The van der Waals surface area contributed by atoms with Crippen LogP contribution in [0.1, 0.15) is 13.3 Å². The van der Waals surface area contributed by atoms with Crippen molar-refractivity contribution in [1.82, 2.24) is 4.72 Å². The van der Waals surface area contributed by atoms with E-state index in [1.807, 2.05) is 19.1 Å². The van der Waals surface area contributed by atoms with Crippen molar-refractivity contribution in [2.24, 2.45) is 0 Å². The zero-order valence-corrected chi connectivity index (χ0v) is 13.8. The standard InChI is InChI=1S/C12H15BrClNO3S/c1-3-4-5-6-15-19(16,17)11-8-9(14)7-10(13)12(11)18-2/h3-4,7-8,15H,5-6H2,1-2H3/b4-3+. The summed E-state index contributed by atoms with van der Waals surface area (Å²) in [5.74, 6) is 0.239. The van der Waals surface area contributed by atoms with Crippen molar-refractivity contribution < 1.29 is 13.2 Å². The summed E-state index contributed by atoms with van der Waals surface area (Å²) in [6, 6.07) is 2.95. The molecular formula is C12H15BrClNO3S. The van der Waals surface area contributed by atoms with Gasteiger partial charge >= 0.3 is 0 Å². The van der Waals surface area contributed by atoms with Crippen molar-refractivity contribution in [3.8, 4) is 5.75 Å². The summed E-state index contributed by atoms with van der Waals surface area (Å²) in [5, 5.41) is 0.321. The Kier molecular flexibility index (Phi) is 6.32. The number of hydrogen-bond acceptors (Lipinski definition) is 3. The van der Waals surface area contributed by atoms with Crippen LogP contribution >= 0.6 is 27.5 Å². The van der Waals surface area contributed by atoms with Crippen LogP contribution in [0, 0.1) is 0 Å². The lowest BCUT2D eigenvalue weighted by Crippen LogP contribution is -2.25. The first-order chi connectivity index (χ1) is 8.92. The molecule has 7 heteroatoms. The molecule has 0 radical (unpaired) electrons. The zero-order chi connectivity index (χ0) is 14.5. The van der Waals surface area contributed by atoms with Crippen LogP contribution in [0.3, 0.4) is 0 Å². The Morgan fingerprint density at radius 2 is 2.16 bits per heavy atom. The predicted molar refractivity (Wildman–Crippen MR) is 80.3 cm³/mol. The molecule has 0 saturated heterocycles. The maximum atomic E-state index is 12.2. The van der Waals surface area contributed by atoms with Crippen molar-refractivity contribution >= 4 is 37.6 Å². The number of allylic oxidation sites excluding steroid dienone is 1. The summed E-state index contributed by atoms with van der Waals surface area (Å²) in [4.78, 5) is 0.0230. The van der Waals surface area contributed by atoms with Gasteiger partial charge in [0, 0.05) is 11.6 Å². The molecule has 1 N–H and O–H groups in total. The smallest absolute Gasteiger partial charge is 0.244 e. The molecule has 1 aromatic rings. The summed E-state index contributed by atoms with van der Waals surface area (Å²) >= 11 is 9.11. The van der Waals surface area contributed by atoms with Crippen LogP contribution in [-0.4, -0.2) is 22.1 Å². The molecule has 0 atom stereocenters. The molecule has 0 spiro atoms. The Balaban J connectivity index is 3.06. The molecular weight excluding hydrogens is 354 g/mol. The number of nitrogens with one attached hydrogen (secondary N) is 1. The second-order valence-corrected chi connectivity index (χ2v) is 6.70. The van der Waals surface area contributed by atoms with Crippen LogP contribution in [0.15, 0.2) is 33.7 Å². The molecule has 1 rings (SSSR count). The molecule has 1 aromatic carbocycles. The van der Waals surface area contributed by atoms with Crippen molar-refractivity contribution in [3.63, 3.8) is 0 Å². The minimum atomic E-state index is -3.65. The van der Waals surface area contributed by atoms with Gasteiger partial charge in [0.2, 0.25) is 10.0 Å². The third kappa shape index (κ3) is 4.49. The van der Waals surface area contributed by atoms with Crippen molar-refractivity contribution in [2.45, 2.75) is 18.2 Å². The van der Waals surface area contributed by atoms with Gasteiger partial charge in [-0.2, -0.15) is 0 Å². The highest BCUT2D eigenvalue weighted by Gasteiger charge is 2.21. The fourth-order valence-corrected chi connectivity index (χ4v) is 3.89. The Labute approximate surface area is 127 Å². The van der Waals surface area contributed by atoms with Gasteiger partial charge in [-0.3, -0.25) is 0 Å². The molecule has 0 aliphatic carbocycles. The second-order valence-electron chi connectivity index (χ2n) is 3.67. The Hall–Kier alpha value is -0.560. The van der Waals surface area contributed by atoms with Crippen LogP contribution in [0.4, 0.5) is 0 Å². The first-order valence-electron chi connectivity index (χ1n) is 5.56. The number of benzene rings is 1. The molecule has 0 unspecified atom stereocenters. The van der Waals surface area contributed by atoms with E-state index in [0.29, 0.717) is 22.5 Å². The van der Waals surface area contributed by atoms with Crippen molar-refractivity contribution in [2.75, 3.05) is 13.7 Å². The minimum Gasteiger partial charge on any atom is -0.494 e. The maximum Gasteiger partial charge on any atom is 0.244 e. The summed E-state index contributed by atoms with van der Waals surface area (Å²) in [6.07, 6.45) is 4.37. The lowest BCUT2D eigenvalue weighted by atomic mass is 10.3. The van der Waals surface area contributed by atoms with Gasteiger partial charge in [-0.15, -0.1) is 0 Å². The predicted octanol–water partition coefficient (Wildman–Crippen LogP) is 3.36. The lowest BCUT2D eigenvalue weighted by molar-refractivity contribution is 0.399. The van der Waals surface area contributed by atoms with E-state index in [1.54, 1.807) is 6.07 Å². The van der Waals surface area contributed by atoms with Crippen LogP contribution in [0.25, 0.3) is 0 Å². The molecule has 0 bridgehead atoms. The van der Waals surface area contributed by atoms with E-state index in [-0.39, 0.29) is 10.6 Å². The van der Waals surface area contributed by atoms with Crippen LogP contribution in [0.2, 0.25) is 5.02 Å². The summed E-state index contributed by atoms with van der Waals surface area (Å²) in [5.41, 5.74) is 0. The van der Waals surface area contributed by atoms with E-state index in [0.717, 1.165) is 0 Å². The van der Waals surface area contributed by atoms with Gasteiger partial charge in [0.1, 0.15) is 4.90 Å². The molecule has 106 valence electrons. The highest BCUT2D eigenvalue weighted by molar-refractivity contribution is 9.10.